The van der Waals surface area contributed by atoms with Crippen LogP contribution in [0.25, 0.3) is 50.0 Å². The number of hydrogen-bond acceptors (Lipinski definition) is 1. The van der Waals surface area contributed by atoms with Crippen molar-refractivity contribution in [1.29, 1.82) is 0 Å². The van der Waals surface area contributed by atoms with Gasteiger partial charge in [0.05, 0.1) is 5.69 Å². The van der Waals surface area contributed by atoms with Crippen LogP contribution in [0.3, 0.4) is 0 Å². The molecule has 188 valence electrons. The van der Waals surface area contributed by atoms with Gasteiger partial charge in [0.1, 0.15) is 5.65 Å². The average molecular weight is 511 g/mol. The van der Waals surface area contributed by atoms with Gasteiger partial charge in [-0.3, -0.25) is 0 Å². The molecule has 8 rings (SSSR count). The van der Waals surface area contributed by atoms with Crippen molar-refractivity contribution >= 4 is 27.6 Å². The fourth-order valence-electron chi connectivity index (χ4n) is 6.07. The number of fused-ring (bicyclic) bond motifs is 3. The molecule has 0 aliphatic heterocycles. The zero-order valence-corrected chi connectivity index (χ0v) is 22.0. The van der Waals surface area contributed by atoms with Crippen molar-refractivity contribution in [3.8, 4) is 22.4 Å². The summed E-state index contributed by atoms with van der Waals surface area (Å²) in [5, 5.41) is 2.55. The summed E-state index contributed by atoms with van der Waals surface area (Å²) in [5.41, 5.74) is 13.6. The summed E-state index contributed by atoms with van der Waals surface area (Å²) in [7, 11) is 0. The standard InChI is InChI=1S/C38H26N2/c1-3-9-27(10-4-1)34-24-33-22-31-19-18-30(21-32(31)23-35(33)38(34)29-11-5-2-6-12-29)26-14-16-28(17-15-26)36-25-40-20-8-7-13-37(40)39-36/h1-23,25H,24H2. The maximum absolute atomic E-state index is 4.78. The van der Waals surface area contributed by atoms with Gasteiger partial charge in [0.15, 0.2) is 0 Å². The molecule has 0 atom stereocenters. The van der Waals surface area contributed by atoms with Gasteiger partial charge in [-0.25, -0.2) is 4.98 Å². The van der Waals surface area contributed by atoms with Crippen LogP contribution >= 0.6 is 0 Å². The smallest absolute Gasteiger partial charge is 0.137 e. The van der Waals surface area contributed by atoms with Crippen molar-refractivity contribution in [3.05, 3.63) is 168 Å². The predicted molar refractivity (Wildman–Crippen MR) is 166 cm³/mol. The van der Waals surface area contributed by atoms with E-state index in [1.54, 1.807) is 0 Å². The van der Waals surface area contributed by atoms with E-state index in [1.165, 1.54) is 55.3 Å². The Kier molecular flexibility index (Phi) is 5.24. The van der Waals surface area contributed by atoms with E-state index in [2.05, 4.69) is 126 Å². The van der Waals surface area contributed by atoms with Crippen molar-refractivity contribution in [2.45, 2.75) is 6.42 Å². The van der Waals surface area contributed by atoms with E-state index in [1.807, 2.05) is 24.4 Å². The van der Waals surface area contributed by atoms with E-state index in [-0.39, 0.29) is 0 Å². The molecule has 0 amide bonds. The highest BCUT2D eigenvalue weighted by Crippen LogP contribution is 2.44. The maximum Gasteiger partial charge on any atom is 0.137 e. The first-order valence-corrected chi connectivity index (χ1v) is 13.8. The average Bonchev–Trinajstić information content (AvgIpc) is 3.62. The molecule has 2 heterocycles. The maximum atomic E-state index is 4.78. The van der Waals surface area contributed by atoms with Crippen molar-refractivity contribution in [2.75, 3.05) is 0 Å². The number of aromatic nitrogens is 2. The SMILES string of the molecule is c1ccc(C2=C(c3ccccc3)c3cc4cc(-c5ccc(-c6cn7ccccc7n6)cc5)ccc4cc3C2)cc1. The van der Waals surface area contributed by atoms with Crippen molar-refractivity contribution in [3.63, 3.8) is 0 Å². The molecule has 2 nitrogen and oxygen atoms in total. The molecular formula is C38H26N2. The lowest BCUT2D eigenvalue weighted by Crippen LogP contribution is -1.89. The number of allylic oxidation sites excluding steroid dienone is 1. The summed E-state index contributed by atoms with van der Waals surface area (Å²) in [5.74, 6) is 0. The summed E-state index contributed by atoms with van der Waals surface area (Å²) in [4.78, 5) is 4.78. The van der Waals surface area contributed by atoms with Gasteiger partial charge in [-0.2, -0.15) is 0 Å². The van der Waals surface area contributed by atoms with Crippen LogP contribution in [0.1, 0.15) is 22.3 Å². The highest BCUT2D eigenvalue weighted by molar-refractivity contribution is 6.06. The van der Waals surface area contributed by atoms with Crippen LogP contribution in [0.4, 0.5) is 0 Å². The van der Waals surface area contributed by atoms with E-state index in [9.17, 15) is 0 Å². The van der Waals surface area contributed by atoms with Gasteiger partial charge in [0, 0.05) is 18.0 Å². The number of nitrogens with zero attached hydrogens (tertiary/aromatic N) is 2. The van der Waals surface area contributed by atoms with Crippen LogP contribution in [0, 0.1) is 0 Å². The zero-order valence-electron chi connectivity index (χ0n) is 22.0. The second-order valence-corrected chi connectivity index (χ2v) is 10.5. The van der Waals surface area contributed by atoms with Crippen LogP contribution < -0.4 is 0 Å². The molecule has 0 unspecified atom stereocenters. The molecular weight excluding hydrogens is 484 g/mol. The normalized spacial score (nSPS) is 12.8. The number of hydrogen-bond donors (Lipinski definition) is 0. The second kappa shape index (κ2) is 9.21. The minimum atomic E-state index is 0.950. The second-order valence-electron chi connectivity index (χ2n) is 10.5. The fourth-order valence-corrected chi connectivity index (χ4v) is 6.07. The molecule has 0 saturated carbocycles. The molecule has 40 heavy (non-hydrogen) atoms. The van der Waals surface area contributed by atoms with Gasteiger partial charge in [-0.1, -0.05) is 109 Å². The minimum Gasteiger partial charge on any atom is -0.306 e. The van der Waals surface area contributed by atoms with Gasteiger partial charge in [0.25, 0.3) is 0 Å². The first-order valence-electron chi connectivity index (χ1n) is 13.8. The van der Waals surface area contributed by atoms with Crippen molar-refractivity contribution in [1.82, 2.24) is 9.38 Å². The lowest BCUT2D eigenvalue weighted by molar-refractivity contribution is 1.19. The summed E-state index contributed by atoms with van der Waals surface area (Å²) < 4.78 is 2.06. The van der Waals surface area contributed by atoms with Crippen LogP contribution in [0.15, 0.2) is 146 Å². The van der Waals surface area contributed by atoms with Crippen molar-refractivity contribution in [2.24, 2.45) is 0 Å². The van der Waals surface area contributed by atoms with Gasteiger partial charge in [0.2, 0.25) is 0 Å². The third-order valence-electron chi connectivity index (χ3n) is 8.06. The third-order valence-corrected chi connectivity index (χ3v) is 8.06. The van der Waals surface area contributed by atoms with Crippen LogP contribution in [-0.2, 0) is 6.42 Å². The molecule has 0 bridgehead atoms. The summed E-state index contributed by atoms with van der Waals surface area (Å²) in [6.07, 6.45) is 5.07. The third kappa shape index (κ3) is 3.85. The Balaban J connectivity index is 1.20. The largest absolute Gasteiger partial charge is 0.306 e. The van der Waals surface area contributed by atoms with E-state index >= 15 is 0 Å². The first kappa shape index (κ1) is 22.7. The quantitative estimate of drug-likeness (QED) is 0.231. The molecule has 2 aromatic heterocycles. The molecule has 7 aromatic rings. The molecule has 0 fully saturated rings. The van der Waals surface area contributed by atoms with Gasteiger partial charge in [-0.15, -0.1) is 0 Å². The molecule has 0 radical (unpaired) electrons. The molecule has 0 spiro atoms. The molecule has 1 aliphatic carbocycles. The van der Waals surface area contributed by atoms with Crippen LogP contribution in [0.2, 0.25) is 0 Å². The summed E-state index contributed by atoms with van der Waals surface area (Å²) in [6.45, 7) is 0. The van der Waals surface area contributed by atoms with Crippen molar-refractivity contribution < 1.29 is 0 Å². The Morgan fingerprint density at radius 3 is 2.00 bits per heavy atom. The molecule has 1 aliphatic rings. The van der Waals surface area contributed by atoms with Gasteiger partial charge in [-0.05, 0) is 86.0 Å². The summed E-state index contributed by atoms with van der Waals surface area (Å²) >= 11 is 0. The first-order chi connectivity index (χ1) is 19.8. The van der Waals surface area contributed by atoms with Crippen LogP contribution in [0.5, 0.6) is 0 Å². The lowest BCUT2D eigenvalue weighted by Gasteiger charge is -2.11. The minimum absolute atomic E-state index is 0.950. The fraction of sp³-hybridized carbons (Fsp3) is 0.0263. The number of rotatable bonds is 4. The number of benzene rings is 5. The van der Waals surface area contributed by atoms with E-state index in [0.29, 0.717) is 0 Å². The van der Waals surface area contributed by atoms with E-state index in [0.717, 1.165) is 23.3 Å². The Labute approximate surface area is 233 Å². The molecule has 2 heteroatoms. The highest BCUT2D eigenvalue weighted by Gasteiger charge is 2.24. The lowest BCUT2D eigenvalue weighted by atomic mass is 9.92. The Morgan fingerprint density at radius 1 is 0.525 bits per heavy atom. The Hall–Kier alpha value is -5.21. The van der Waals surface area contributed by atoms with E-state index in [4.69, 9.17) is 4.98 Å². The Morgan fingerprint density at radius 2 is 1.23 bits per heavy atom. The molecule has 0 saturated heterocycles. The number of imidazole rings is 1. The van der Waals surface area contributed by atoms with E-state index < -0.39 is 0 Å². The zero-order chi connectivity index (χ0) is 26.5. The number of pyridine rings is 1. The highest BCUT2D eigenvalue weighted by atomic mass is 15.0. The van der Waals surface area contributed by atoms with Crippen LogP contribution in [-0.4, -0.2) is 9.38 Å². The molecule has 0 N–H and O–H groups in total. The monoisotopic (exact) mass is 510 g/mol. The topological polar surface area (TPSA) is 17.3 Å². The van der Waals surface area contributed by atoms with Gasteiger partial charge < -0.3 is 4.40 Å². The predicted octanol–water partition coefficient (Wildman–Crippen LogP) is 9.34. The Bertz CT molecular complexity index is 2010. The summed E-state index contributed by atoms with van der Waals surface area (Å²) in [6, 6.07) is 48.1. The molecule has 5 aromatic carbocycles. The van der Waals surface area contributed by atoms with Gasteiger partial charge >= 0.3 is 0 Å².